The summed E-state index contributed by atoms with van der Waals surface area (Å²) in [6, 6.07) is 6.60. The largest absolute Gasteiger partial charge is 0.487 e. The van der Waals surface area contributed by atoms with Crippen LogP contribution in [0.1, 0.15) is 12.8 Å². The number of hydrogen-bond acceptors (Lipinski definition) is 2. The number of hydrogen-bond donors (Lipinski definition) is 0. The van der Waals surface area contributed by atoms with E-state index in [4.69, 9.17) is 4.74 Å². The molecule has 0 saturated carbocycles. The number of ether oxygens (including phenoxy) is 1. The molecule has 1 fully saturated rings. The van der Waals surface area contributed by atoms with Gasteiger partial charge in [0.15, 0.2) is 11.6 Å². The molecule has 0 spiro atoms. The first-order valence-corrected chi connectivity index (χ1v) is 5.35. The van der Waals surface area contributed by atoms with Crippen LogP contribution >= 0.6 is 0 Å². The number of halogens is 1. The summed E-state index contributed by atoms with van der Waals surface area (Å²) in [6.45, 7) is 2.05. The smallest absolute Gasteiger partial charge is 0.165 e. The van der Waals surface area contributed by atoms with Gasteiger partial charge in [0.05, 0.1) is 0 Å². The van der Waals surface area contributed by atoms with Crippen LogP contribution in [0.4, 0.5) is 4.39 Å². The van der Waals surface area contributed by atoms with Crippen LogP contribution in [0.5, 0.6) is 5.75 Å². The highest BCUT2D eigenvalue weighted by Gasteiger charge is 2.18. The summed E-state index contributed by atoms with van der Waals surface area (Å²) in [5.41, 5.74) is 0. The van der Waals surface area contributed by atoms with Gasteiger partial charge in [0.2, 0.25) is 0 Å². The molecule has 0 amide bonds. The first-order chi connectivity index (χ1) is 7.25. The number of benzene rings is 1. The molecule has 1 aliphatic rings. The van der Waals surface area contributed by atoms with E-state index in [0.29, 0.717) is 5.75 Å². The minimum absolute atomic E-state index is 0.165. The van der Waals surface area contributed by atoms with Crippen molar-refractivity contribution < 1.29 is 9.13 Å². The van der Waals surface area contributed by atoms with E-state index in [-0.39, 0.29) is 11.9 Å². The van der Waals surface area contributed by atoms with Crippen LogP contribution in [0.2, 0.25) is 0 Å². The Morgan fingerprint density at radius 3 is 2.60 bits per heavy atom. The summed E-state index contributed by atoms with van der Waals surface area (Å²) in [5, 5.41) is 0. The van der Waals surface area contributed by atoms with Gasteiger partial charge >= 0.3 is 0 Å². The number of nitrogens with zero attached hydrogens (tertiary/aromatic N) is 1. The Labute approximate surface area is 89.7 Å². The molecule has 1 aromatic carbocycles. The molecule has 15 heavy (non-hydrogen) atoms. The third-order valence-electron chi connectivity index (χ3n) is 2.80. The Bertz CT molecular complexity index is 321. The fraction of sp³-hybridized carbons (Fsp3) is 0.500. The van der Waals surface area contributed by atoms with E-state index in [1.807, 2.05) is 0 Å². The van der Waals surface area contributed by atoms with Gasteiger partial charge in [-0.15, -0.1) is 0 Å². The van der Waals surface area contributed by atoms with Crippen molar-refractivity contribution in [3.05, 3.63) is 30.1 Å². The van der Waals surface area contributed by atoms with E-state index in [1.54, 1.807) is 18.2 Å². The lowest BCUT2D eigenvalue weighted by molar-refractivity contribution is 0.110. The van der Waals surface area contributed by atoms with Crippen molar-refractivity contribution in [2.45, 2.75) is 18.9 Å². The molecule has 1 aromatic rings. The second-order valence-electron chi connectivity index (χ2n) is 4.05. The van der Waals surface area contributed by atoms with Gasteiger partial charge in [-0.3, -0.25) is 0 Å². The van der Waals surface area contributed by atoms with E-state index in [0.717, 1.165) is 25.9 Å². The van der Waals surface area contributed by atoms with E-state index < -0.39 is 0 Å². The van der Waals surface area contributed by atoms with Crippen molar-refractivity contribution in [2.75, 3.05) is 20.1 Å². The monoisotopic (exact) mass is 209 g/mol. The Morgan fingerprint density at radius 1 is 1.27 bits per heavy atom. The van der Waals surface area contributed by atoms with Crippen LogP contribution < -0.4 is 4.74 Å². The summed E-state index contributed by atoms with van der Waals surface area (Å²) in [4.78, 5) is 2.27. The second kappa shape index (κ2) is 4.62. The molecule has 0 radical (unpaired) electrons. The zero-order valence-corrected chi connectivity index (χ0v) is 8.95. The summed E-state index contributed by atoms with van der Waals surface area (Å²) >= 11 is 0. The van der Waals surface area contributed by atoms with Crippen LogP contribution in [-0.2, 0) is 0 Å². The van der Waals surface area contributed by atoms with Crippen LogP contribution in [-0.4, -0.2) is 31.1 Å². The fourth-order valence-electron chi connectivity index (χ4n) is 1.82. The summed E-state index contributed by atoms with van der Waals surface area (Å²) in [7, 11) is 2.10. The van der Waals surface area contributed by atoms with E-state index in [9.17, 15) is 4.39 Å². The standard InChI is InChI=1S/C12H16FNO/c1-14-8-6-10(7-9-14)15-12-5-3-2-4-11(12)13/h2-5,10H,6-9H2,1H3. The van der Waals surface area contributed by atoms with Crippen LogP contribution in [0.25, 0.3) is 0 Å². The molecule has 0 aromatic heterocycles. The van der Waals surface area contributed by atoms with Gasteiger partial charge < -0.3 is 9.64 Å². The second-order valence-corrected chi connectivity index (χ2v) is 4.05. The molecule has 0 unspecified atom stereocenters. The SMILES string of the molecule is CN1CCC(Oc2ccccc2F)CC1. The molecule has 0 aliphatic carbocycles. The molecule has 0 atom stereocenters. The number of likely N-dealkylation sites (tertiary alicyclic amines) is 1. The van der Waals surface area contributed by atoms with Crippen molar-refractivity contribution in [1.82, 2.24) is 4.90 Å². The zero-order chi connectivity index (χ0) is 10.7. The Hall–Kier alpha value is -1.09. The quantitative estimate of drug-likeness (QED) is 0.741. The lowest BCUT2D eigenvalue weighted by atomic mass is 10.1. The predicted molar refractivity (Wildman–Crippen MR) is 57.5 cm³/mol. The molecule has 2 rings (SSSR count). The molecular weight excluding hydrogens is 193 g/mol. The molecule has 1 heterocycles. The van der Waals surface area contributed by atoms with Crippen molar-refractivity contribution >= 4 is 0 Å². The molecule has 1 saturated heterocycles. The Balaban J connectivity index is 1.95. The maximum Gasteiger partial charge on any atom is 0.165 e. The third kappa shape index (κ3) is 2.69. The highest BCUT2D eigenvalue weighted by Crippen LogP contribution is 2.21. The van der Waals surface area contributed by atoms with Gasteiger partial charge in [0.1, 0.15) is 6.10 Å². The van der Waals surface area contributed by atoms with Crippen LogP contribution in [0.15, 0.2) is 24.3 Å². The average Bonchev–Trinajstić information content (AvgIpc) is 2.25. The number of piperidine rings is 1. The van der Waals surface area contributed by atoms with Crippen LogP contribution in [0.3, 0.4) is 0 Å². The van der Waals surface area contributed by atoms with E-state index in [1.165, 1.54) is 6.07 Å². The minimum Gasteiger partial charge on any atom is -0.487 e. The van der Waals surface area contributed by atoms with Gasteiger partial charge in [-0.25, -0.2) is 4.39 Å². The molecule has 82 valence electrons. The maximum atomic E-state index is 13.3. The minimum atomic E-state index is -0.267. The maximum absolute atomic E-state index is 13.3. The van der Waals surface area contributed by atoms with Crippen molar-refractivity contribution in [1.29, 1.82) is 0 Å². The Morgan fingerprint density at radius 2 is 1.93 bits per heavy atom. The van der Waals surface area contributed by atoms with Gasteiger partial charge in [-0.1, -0.05) is 12.1 Å². The number of rotatable bonds is 2. The fourth-order valence-corrected chi connectivity index (χ4v) is 1.82. The van der Waals surface area contributed by atoms with Crippen molar-refractivity contribution in [2.24, 2.45) is 0 Å². The topological polar surface area (TPSA) is 12.5 Å². The number of para-hydroxylation sites is 1. The average molecular weight is 209 g/mol. The molecule has 1 aliphatic heterocycles. The summed E-state index contributed by atoms with van der Waals surface area (Å²) < 4.78 is 18.9. The molecular formula is C12H16FNO. The third-order valence-corrected chi connectivity index (χ3v) is 2.80. The lowest BCUT2D eigenvalue weighted by Crippen LogP contribution is -2.35. The van der Waals surface area contributed by atoms with Gasteiger partial charge in [-0.05, 0) is 32.0 Å². The predicted octanol–water partition coefficient (Wildman–Crippen LogP) is 2.30. The van der Waals surface area contributed by atoms with Crippen molar-refractivity contribution in [3.8, 4) is 5.75 Å². The van der Waals surface area contributed by atoms with Gasteiger partial charge in [-0.2, -0.15) is 0 Å². The highest BCUT2D eigenvalue weighted by molar-refractivity contribution is 5.23. The summed E-state index contributed by atoms with van der Waals surface area (Å²) in [5.74, 6) is 0.114. The normalized spacial score (nSPS) is 19.1. The molecule has 2 nitrogen and oxygen atoms in total. The molecule has 3 heteroatoms. The first-order valence-electron chi connectivity index (χ1n) is 5.35. The Kier molecular flexibility index (Phi) is 3.21. The van der Waals surface area contributed by atoms with Crippen LogP contribution in [0, 0.1) is 5.82 Å². The lowest BCUT2D eigenvalue weighted by Gasteiger charge is -2.29. The van der Waals surface area contributed by atoms with Gasteiger partial charge in [0, 0.05) is 13.1 Å². The molecule has 0 bridgehead atoms. The first kappa shape index (κ1) is 10.4. The highest BCUT2D eigenvalue weighted by atomic mass is 19.1. The molecule has 0 N–H and O–H groups in total. The van der Waals surface area contributed by atoms with E-state index in [2.05, 4.69) is 11.9 Å². The zero-order valence-electron chi connectivity index (χ0n) is 8.95. The van der Waals surface area contributed by atoms with Crippen molar-refractivity contribution in [3.63, 3.8) is 0 Å². The summed E-state index contributed by atoms with van der Waals surface area (Å²) in [6.07, 6.45) is 2.12. The van der Waals surface area contributed by atoms with E-state index >= 15 is 0 Å². The van der Waals surface area contributed by atoms with Gasteiger partial charge in [0.25, 0.3) is 0 Å².